The molecule has 0 fully saturated rings. The molecule has 0 saturated heterocycles. The van der Waals surface area contributed by atoms with Crippen LogP contribution in [0.4, 0.5) is 0 Å². The van der Waals surface area contributed by atoms with Crippen LogP contribution in [0.5, 0.6) is 0 Å². The first-order valence-corrected chi connectivity index (χ1v) is 4.95. The third kappa shape index (κ3) is 1.27. The van der Waals surface area contributed by atoms with Gasteiger partial charge in [0.15, 0.2) is 0 Å². The lowest BCUT2D eigenvalue weighted by Gasteiger charge is -2.04. The Kier molecular flexibility index (Phi) is 1.91. The van der Waals surface area contributed by atoms with Gasteiger partial charge in [0.25, 0.3) is 0 Å². The van der Waals surface area contributed by atoms with Crippen molar-refractivity contribution in [2.45, 2.75) is 31.9 Å². The van der Waals surface area contributed by atoms with Gasteiger partial charge in [-0.25, -0.2) is 0 Å². The fraction of sp³-hybridized carbons (Fsp3) is 0.455. The van der Waals surface area contributed by atoms with E-state index in [4.69, 9.17) is 0 Å². The first-order chi connectivity index (χ1) is 5.66. The highest BCUT2D eigenvalue weighted by Crippen LogP contribution is 2.28. The molecule has 0 spiro atoms. The molecular weight excluding hydrogens is 164 g/mol. The third-order valence-electron chi connectivity index (χ3n) is 2.60. The maximum Gasteiger partial charge on any atom is 0.00979 e. The second kappa shape index (κ2) is 2.81. The molecule has 0 aromatic heterocycles. The summed E-state index contributed by atoms with van der Waals surface area (Å²) in [4.78, 5) is 0. The molecule has 1 heteroatoms. The summed E-state index contributed by atoms with van der Waals surface area (Å²) in [6, 6.07) is 4.57. The van der Waals surface area contributed by atoms with E-state index in [0.717, 1.165) is 12.8 Å². The van der Waals surface area contributed by atoms with Gasteiger partial charge in [0.1, 0.15) is 0 Å². The van der Waals surface area contributed by atoms with E-state index in [0.29, 0.717) is 5.25 Å². The summed E-state index contributed by atoms with van der Waals surface area (Å²) in [5.74, 6) is 0. The lowest BCUT2D eigenvalue weighted by molar-refractivity contribution is 0.940. The third-order valence-corrected chi connectivity index (χ3v) is 2.97. The van der Waals surface area contributed by atoms with Crippen molar-refractivity contribution in [1.82, 2.24) is 0 Å². The molecule has 0 N–H and O–H groups in total. The van der Waals surface area contributed by atoms with E-state index in [1.54, 1.807) is 5.56 Å². The van der Waals surface area contributed by atoms with Crippen molar-refractivity contribution in [3.63, 3.8) is 0 Å². The number of fused-ring (bicyclic) bond motifs is 1. The highest BCUT2D eigenvalue weighted by Gasteiger charge is 2.19. The predicted molar refractivity (Wildman–Crippen MR) is 56.1 cm³/mol. The van der Waals surface area contributed by atoms with Crippen molar-refractivity contribution in [1.29, 1.82) is 0 Å². The van der Waals surface area contributed by atoms with Crippen molar-refractivity contribution < 1.29 is 0 Å². The van der Waals surface area contributed by atoms with Crippen LogP contribution in [0.15, 0.2) is 12.1 Å². The van der Waals surface area contributed by atoms with Crippen molar-refractivity contribution in [2.75, 3.05) is 0 Å². The smallest absolute Gasteiger partial charge is 0.00979 e. The fourth-order valence-electron chi connectivity index (χ4n) is 2.12. The normalized spacial score (nSPS) is 21.1. The number of rotatable bonds is 0. The molecule has 0 heterocycles. The van der Waals surface area contributed by atoms with Crippen LogP contribution in [-0.2, 0) is 12.8 Å². The van der Waals surface area contributed by atoms with E-state index in [2.05, 4.69) is 38.6 Å². The minimum atomic E-state index is 0.556. The Hall–Kier alpha value is -0.430. The van der Waals surface area contributed by atoms with Gasteiger partial charge in [0.05, 0.1) is 0 Å². The Balaban J connectivity index is 2.52. The second-order valence-corrected chi connectivity index (χ2v) is 4.51. The molecule has 0 radical (unpaired) electrons. The average molecular weight is 178 g/mol. The molecule has 1 aromatic rings. The molecule has 0 aliphatic heterocycles. The SMILES string of the molecule is Cc1cc(C)c2c(c1)CC(S)C2. The van der Waals surface area contributed by atoms with Crippen molar-refractivity contribution in [3.05, 3.63) is 34.4 Å². The zero-order valence-electron chi connectivity index (χ0n) is 7.59. The summed E-state index contributed by atoms with van der Waals surface area (Å²) in [5.41, 5.74) is 5.89. The van der Waals surface area contributed by atoms with Crippen molar-refractivity contribution >= 4 is 12.6 Å². The van der Waals surface area contributed by atoms with Gasteiger partial charge in [0, 0.05) is 5.25 Å². The van der Waals surface area contributed by atoms with Crippen LogP contribution >= 0.6 is 12.6 Å². The molecule has 64 valence electrons. The van der Waals surface area contributed by atoms with Crippen molar-refractivity contribution in [3.8, 4) is 0 Å². The van der Waals surface area contributed by atoms with Gasteiger partial charge >= 0.3 is 0 Å². The molecule has 1 atom stereocenters. The number of benzene rings is 1. The minimum absolute atomic E-state index is 0.556. The number of thiol groups is 1. The van der Waals surface area contributed by atoms with Gasteiger partial charge < -0.3 is 0 Å². The zero-order chi connectivity index (χ0) is 8.72. The largest absolute Gasteiger partial charge is 0.175 e. The van der Waals surface area contributed by atoms with E-state index < -0.39 is 0 Å². The molecule has 0 saturated carbocycles. The van der Waals surface area contributed by atoms with Gasteiger partial charge in [-0.05, 0) is 43.4 Å². The summed E-state index contributed by atoms with van der Waals surface area (Å²) in [7, 11) is 0. The fourth-order valence-corrected chi connectivity index (χ4v) is 2.50. The maximum atomic E-state index is 4.52. The molecule has 0 bridgehead atoms. The summed E-state index contributed by atoms with van der Waals surface area (Å²) in [6.07, 6.45) is 2.31. The van der Waals surface area contributed by atoms with E-state index in [1.807, 2.05) is 0 Å². The van der Waals surface area contributed by atoms with Crippen LogP contribution in [0.25, 0.3) is 0 Å². The maximum absolute atomic E-state index is 4.52. The van der Waals surface area contributed by atoms with Gasteiger partial charge in [-0.15, -0.1) is 0 Å². The van der Waals surface area contributed by atoms with Crippen LogP contribution in [0.3, 0.4) is 0 Å². The monoisotopic (exact) mass is 178 g/mol. The van der Waals surface area contributed by atoms with Gasteiger partial charge in [-0.1, -0.05) is 17.7 Å². The average Bonchev–Trinajstić information content (AvgIpc) is 2.29. The van der Waals surface area contributed by atoms with Crippen LogP contribution in [-0.4, -0.2) is 5.25 Å². The predicted octanol–water partition coefficient (Wildman–Crippen LogP) is 2.70. The first-order valence-electron chi connectivity index (χ1n) is 4.44. The van der Waals surface area contributed by atoms with E-state index in [-0.39, 0.29) is 0 Å². The molecule has 1 aliphatic rings. The Bertz CT molecular complexity index is 315. The summed E-state index contributed by atoms with van der Waals surface area (Å²) < 4.78 is 0. The van der Waals surface area contributed by atoms with E-state index in [9.17, 15) is 0 Å². The Morgan fingerprint density at radius 1 is 1.25 bits per heavy atom. The van der Waals surface area contributed by atoms with E-state index >= 15 is 0 Å². The quantitative estimate of drug-likeness (QED) is 0.580. The molecule has 1 aromatic carbocycles. The zero-order valence-corrected chi connectivity index (χ0v) is 8.49. The molecular formula is C11H14S. The standard InChI is InChI=1S/C11H14S/c1-7-3-8(2)11-6-10(12)5-9(11)4-7/h3-4,10,12H,5-6H2,1-2H3. The van der Waals surface area contributed by atoms with Gasteiger partial charge in [-0.2, -0.15) is 12.6 Å². The first kappa shape index (κ1) is 8.18. The highest BCUT2D eigenvalue weighted by molar-refractivity contribution is 7.81. The molecule has 0 nitrogen and oxygen atoms in total. The van der Waals surface area contributed by atoms with Gasteiger partial charge in [-0.3, -0.25) is 0 Å². The summed E-state index contributed by atoms with van der Waals surface area (Å²) in [6.45, 7) is 4.37. The highest BCUT2D eigenvalue weighted by atomic mass is 32.1. The minimum Gasteiger partial charge on any atom is -0.175 e. The van der Waals surface area contributed by atoms with E-state index in [1.165, 1.54) is 16.7 Å². The summed E-state index contributed by atoms with van der Waals surface area (Å²) >= 11 is 4.52. The number of aryl methyl sites for hydroxylation is 2. The van der Waals surface area contributed by atoms with Gasteiger partial charge in [0.2, 0.25) is 0 Å². The molecule has 2 rings (SSSR count). The molecule has 0 amide bonds. The Labute approximate surface area is 79.4 Å². The summed E-state index contributed by atoms with van der Waals surface area (Å²) in [5, 5.41) is 0.556. The molecule has 1 unspecified atom stereocenters. The second-order valence-electron chi connectivity index (χ2n) is 3.78. The Morgan fingerprint density at radius 2 is 2.00 bits per heavy atom. The van der Waals surface area contributed by atoms with Crippen molar-refractivity contribution in [2.24, 2.45) is 0 Å². The lowest BCUT2D eigenvalue weighted by atomic mass is 10.0. The molecule has 12 heavy (non-hydrogen) atoms. The van der Waals surface area contributed by atoms with Crippen LogP contribution < -0.4 is 0 Å². The molecule has 1 aliphatic carbocycles. The topological polar surface area (TPSA) is 0 Å². The van der Waals surface area contributed by atoms with Crippen LogP contribution in [0.2, 0.25) is 0 Å². The number of hydrogen-bond acceptors (Lipinski definition) is 1. The lowest BCUT2D eigenvalue weighted by Crippen LogP contribution is -1.94. The van der Waals surface area contributed by atoms with Crippen LogP contribution in [0, 0.1) is 13.8 Å². The Morgan fingerprint density at radius 3 is 2.75 bits per heavy atom. The van der Waals surface area contributed by atoms with Crippen LogP contribution in [0.1, 0.15) is 22.3 Å². The number of hydrogen-bond donors (Lipinski definition) is 1.